The molecular formula is C11H13F2NO3S. The van der Waals surface area contributed by atoms with E-state index < -0.39 is 24.9 Å². The van der Waals surface area contributed by atoms with Crippen LogP contribution in [0.2, 0.25) is 0 Å². The number of aliphatic carboxylic acids is 1. The van der Waals surface area contributed by atoms with Crippen molar-refractivity contribution in [2.45, 2.75) is 31.6 Å². The predicted molar refractivity (Wildman–Crippen MR) is 61.3 cm³/mol. The van der Waals surface area contributed by atoms with E-state index in [1.54, 1.807) is 0 Å². The number of alkyl halides is 2. The van der Waals surface area contributed by atoms with Crippen LogP contribution in [0.4, 0.5) is 8.78 Å². The summed E-state index contributed by atoms with van der Waals surface area (Å²) in [6.07, 6.45) is -0.660. The number of rotatable bonds is 6. The van der Waals surface area contributed by atoms with E-state index in [-0.39, 0.29) is 6.61 Å². The summed E-state index contributed by atoms with van der Waals surface area (Å²) in [5.41, 5.74) is 0.649. The first kappa shape index (κ1) is 13.4. The summed E-state index contributed by atoms with van der Waals surface area (Å²) in [6, 6.07) is 0. The Morgan fingerprint density at radius 2 is 2.39 bits per heavy atom. The number of hydrogen-bond donors (Lipinski definition) is 1. The summed E-state index contributed by atoms with van der Waals surface area (Å²) >= 11 is 1.46. The Bertz CT molecular complexity index is 436. The van der Waals surface area contributed by atoms with Crippen LogP contribution in [0.3, 0.4) is 0 Å². The molecule has 4 nitrogen and oxygen atoms in total. The van der Waals surface area contributed by atoms with Gasteiger partial charge >= 0.3 is 5.97 Å². The van der Waals surface area contributed by atoms with Gasteiger partial charge in [-0.25, -0.2) is 13.8 Å². The minimum Gasteiger partial charge on any atom is -0.481 e. The van der Waals surface area contributed by atoms with Gasteiger partial charge in [0.2, 0.25) is 0 Å². The average molecular weight is 277 g/mol. The number of carboxylic acid groups (broad SMARTS) is 1. The summed E-state index contributed by atoms with van der Waals surface area (Å²) in [5.74, 6) is -1.36. The van der Waals surface area contributed by atoms with Gasteiger partial charge in [0, 0.05) is 11.3 Å². The van der Waals surface area contributed by atoms with Crippen molar-refractivity contribution >= 4 is 17.3 Å². The molecule has 0 saturated heterocycles. The minimum atomic E-state index is -2.46. The van der Waals surface area contributed by atoms with Crippen LogP contribution < -0.4 is 0 Å². The zero-order valence-electron chi connectivity index (χ0n) is 9.57. The van der Waals surface area contributed by atoms with Crippen molar-refractivity contribution in [3.63, 3.8) is 0 Å². The van der Waals surface area contributed by atoms with Crippen LogP contribution in [0, 0.1) is 0 Å². The van der Waals surface area contributed by atoms with Crippen molar-refractivity contribution in [2.24, 2.45) is 0 Å². The molecule has 1 atom stereocenters. The Hall–Kier alpha value is -1.08. The maximum Gasteiger partial charge on any atom is 0.312 e. The molecule has 0 radical (unpaired) electrons. The van der Waals surface area contributed by atoms with Gasteiger partial charge in [-0.05, 0) is 12.8 Å². The molecule has 0 aliphatic heterocycles. The topological polar surface area (TPSA) is 59.4 Å². The highest BCUT2D eigenvalue weighted by atomic mass is 32.1. The first-order valence-corrected chi connectivity index (χ1v) is 6.46. The molecule has 1 N–H and O–H groups in total. The number of fused-ring (bicyclic) bond motifs is 1. The Kier molecular flexibility index (Phi) is 4.23. The van der Waals surface area contributed by atoms with E-state index >= 15 is 0 Å². The third kappa shape index (κ3) is 3.02. The molecule has 0 bridgehead atoms. The van der Waals surface area contributed by atoms with Crippen molar-refractivity contribution in [3.8, 4) is 0 Å². The normalized spacial score (nSPS) is 18.3. The molecule has 7 heteroatoms. The van der Waals surface area contributed by atoms with E-state index in [1.165, 1.54) is 11.3 Å². The third-order valence-corrected chi connectivity index (χ3v) is 3.95. The van der Waals surface area contributed by atoms with Crippen molar-refractivity contribution < 1.29 is 23.4 Å². The number of ether oxygens (including phenoxy) is 1. The monoisotopic (exact) mass is 277 g/mol. The number of carbonyl (C=O) groups is 1. The molecule has 1 heterocycles. The minimum absolute atomic E-state index is 0.189. The summed E-state index contributed by atoms with van der Waals surface area (Å²) in [5, 5.41) is 9.77. The maximum absolute atomic E-state index is 11.8. The fraction of sp³-hybridized carbons (Fsp3) is 0.636. The third-order valence-electron chi connectivity index (χ3n) is 2.76. The van der Waals surface area contributed by atoms with Crippen molar-refractivity contribution in [1.29, 1.82) is 0 Å². The first-order valence-electron chi connectivity index (χ1n) is 5.65. The van der Waals surface area contributed by atoms with Gasteiger partial charge in [0.1, 0.15) is 12.5 Å². The number of halogens is 2. The Balaban J connectivity index is 1.89. The van der Waals surface area contributed by atoms with E-state index in [1.807, 2.05) is 0 Å². The molecule has 0 aromatic carbocycles. The number of carboxylic acids is 1. The molecule has 1 aromatic heterocycles. The van der Waals surface area contributed by atoms with Gasteiger partial charge < -0.3 is 9.84 Å². The summed E-state index contributed by atoms with van der Waals surface area (Å²) in [4.78, 5) is 16.3. The molecule has 18 heavy (non-hydrogen) atoms. The molecule has 0 amide bonds. The van der Waals surface area contributed by atoms with Crippen LogP contribution in [0.25, 0.3) is 0 Å². The van der Waals surface area contributed by atoms with Crippen molar-refractivity contribution in [3.05, 3.63) is 15.6 Å². The summed E-state index contributed by atoms with van der Waals surface area (Å²) in [6.45, 7) is -0.378. The number of thiazole rings is 1. The van der Waals surface area contributed by atoms with Gasteiger partial charge in [-0.3, -0.25) is 4.79 Å². The maximum atomic E-state index is 11.8. The van der Waals surface area contributed by atoms with E-state index in [9.17, 15) is 13.6 Å². The van der Waals surface area contributed by atoms with Gasteiger partial charge in [0.25, 0.3) is 6.43 Å². The van der Waals surface area contributed by atoms with E-state index in [2.05, 4.69) is 4.98 Å². The first-order chi connectivity index (χ1) is 8.58. The van der Waals surface area contributed by atoms with Crippen molar-refractivity contribution in [1.82, 2.24) is 4.98 Å². The molecule has 0 fully saturated rings. The Labute approximate surface area is 107 Å². The Morgan fingerprint density at radius 1 is 1.61 bits per heavy atom. The van der Waals surface area contributed by atoms with Crippen molar-refractivity contribution in [2.75, 3.05) is 13.2 Å². The quantitative estimate of drug-likeness (QED) is 0.809. The van der Waals surface area contributed by atoms with Gasteiger partial charge in [0.15, 0.2) is 0 Å². The van der Waals surface area contributed by atoms with Crippen LogP contribution >= 0.6 is 11.3 Å². The highest BCUT2D eigenvalue weighted by Crippen LogP contribution is 2.36. The highest BCUT2D eigenvalue weighted by molar-refractivity contribution is 7.11. The fourth-order valence-electron chi connectivity index (χ4n) is 1.96. The van der Waals surface area contributed by atoms with Gasteiger partial charge in [0.05, 0.1) is 17.3 Å². The molecular weight excluding hydrogens is 264 g/mol. The van der Waals surface area contributed by atoms with Crippen LogP contribution in [-0.4, -0.2) is 35.7 Å². The second-order valence-corrected chi connectivity index (χ2v) is 5.23. The number of aryl methyl sites for hydroxylation is 1. The highest BCUT2D eigenvalue weighted by Gasteiger charge is 2.32. The second kappa shape index (κ2) is 5.71. The molecule has 1 unspecified atom stereocenters. The lowest BCUT2D eigenvalue weighted by atomic mass is 10.1. The SMILES string of the molecule is O=C(O)C1CCc2sc(CCOCC(F)F)nc21. The summed E-state index contributed by atoms with van der Waals surface area (Å²) < 4.78 is 28.4. The lowest BCUT2D eigenvalue weighted by Crippen LogP contribution is -2.09. The lowest BCUT2D eigenvalue weighted by molar-refractivity contribution is -0.138. The zero-order chi connectivity index (χ0) is 13.1. The van der Waals surface area contributed by atoms with Gasteiger partial charge in [-0.1, -0.05) is 0 Å². The fourth-order valence-corrected chi connectivity index (χ4v) is 3.08. The largest absolute Gasteiger partial charge is 0.481 e. The molecule has 0 spiro atoms. The smallest absolute Gasteiger partial charge is 0.312 e. The molecule has 0 saturated carbocycles. The Morgan fingerprint density at radius 3 is 3.06 bits per heavy atom. The van der Waals surface area contributed by atoms with Gasteiger partial charge in [-0.2, -0.15) is 0 Å². The van der Waals surface area contributed by atoms with Crippen LogP contribution in [-0.2, 0) is 22.4 Å². The number of nitrogens with zero attached hydrogens (tertiary/aromatic N) is 1. The molecule has 100 valence electrons. The van der Waals surface area contributed by atoms with E-state index in [0.29, 0.717) is 18.5 Å². The van der Waals surface area contributed by atoms with Gasteiger partial charge in [-0.15, -0.1) is 11.3 Å². The molecule has 1 aliphatic rings. The number of aromatic nitrogens is 1. The van der Waals surface area contributed by atoms with E-state index in [0.717, 1.165) is 16.3 Å². The van der Waals surface area contributed by atoms with E-state index in [4.69, 9.17) is 9.84 Å². The zero-order valence-corrected chi connectivity index (χ0v) is 10.4. The molecule has 1 aromatic rings. The average Bonchev–Trinajstić information content (AvgIpc) is 2.82. The predicted octanol–water partition coefficient (Wildman–Crippen LogP) is 2.08. The molecule has 2 rings (SSSR count). The standard InChI is InChI=1S/C11H13F2NO3S/c12-8(13)5-17-4-3-9-14-10-6(11(15)16)1-2-7(10)18-9/h6,8H,1-5H2,(H,15,16). The van der Waals surface area contributed by atoms with Crippen LogP contribution in [0.1, 0.15) is 27.9 Å². The number of hydrogen-bond acceptors (Lipinski definition) is 4. The van der Waals surface area contributed by atoms with Crippen LogP contribution in [0.15, 0.2) is 0 Å². The lowest BCUT2D eigenvalue weighted by Gasteiger charge is -2.02. The van der Waals surface area contributed by atoms with Crippen LogP contribution in [0.5, 0.6) is 0 Å². The second-order valence-electron chi connectivity index (χ2n) is 4.06. The summed E-state index contributed by atoms with van der Waals surface area (Å²) in [7, 11) is 0. The molecule has 1 aliphatic carbocycles.